The van der Waals surface area contributed by atoms with Crippen molar-refractivity contribution in [3.63, 3.8) is 0 Å². The molecule has 84 valence electrons. The maximum absolute atomic E-state index is 3.68. The number of fused-ring (bicyclic) bond motifs is 1. The van der Waals surface area contributed by atoms with E-state index in [4.69, 9.17) is 0 Å². The zero-order valence-corrected chi connectivity index (χ0v) is 10.4. The molecule has 0 saturated heterocycles. The van der Waals surface area contributed by atoms with Crippen LogP contribution in [0.4, 0.5) is 0 Å². The molecule has 0 radical (unpaired) electrons. The molecule has 0 aliphatic heterocycles. The lowest BCUT2D eigenvalue weighted by molar-refractivity contribution is 0.207. The van der Waals surface area contributed by atoms with Gasteiger partial charge in [-0.25, -0.2) is 0 Å². The van der Waals surface area contributed by atoms with Crippen molar-refractivity contribution in [3.8, 4) is 0 Å². The normalized spacial score (nSPS) is 18.6. The summed E-state index contributed by atoms with van der Waals surface area (Å²) in [6.45, 7) is 3.36. The van der Waals surface area contributed by atoms with Gasteiger partial charge >= 0.3 is 0 Å². The Labute approximate surface area is 100 Å². The van der Waals surface area contributed by atoms with Crippen LogP contribution in [0.25, 0.3) is 10.1 Å². The smallest absolute Gasteiger partial charge is 0.0346 e. The van der Waals surface area contributed by atoms with Gasteiger partial charge in [0.25, 0.3) is 0 Å². The predicted octanol–water partition coefficient (Wildman–Crippen LogP) is 3.93. The molecule has 1 fully saturated rings. The highest BCUT2D eigenvalue weighted by Gasteiger charge is 2.30. The van der Waals surface area contributed by atoms with Crippen LogP contribution in [0.1, 0.15) is 31.1 Å². The zero-order chi connectivity index (χ0) is 11.0. The lowest BCUT2D eigenvalue weighted by atomic mass is 9.78. The highest BCUT2D eigenvalue weighted by molar-refractivity contribution is 7.19. The Morgan fingerprint density at radius 2 is 2.12 bits per heavy atom. The Morgan fingerprint density at radius 3 is 2.81 bits per heavy atom. The van der Waals surface area contributed by atoms with Crippen molar-refractivity contribution < 1.29 is 0 Å². The molecule has 1 nitrogen and oxygen atoms in total. The zero-order valence-electron chi connectivity index (χ0n) is 9.62. The summed E-state index contributed by atoms with van der Waals surface area (Å²) in [5, 5.41) is 5.06. The largest absolute Gasteiger partial charge is 0.307 e. The van der Waals surface area contributed by atoms with E-state index >= 15 is 0 Å². The molecule has 1 aromatic carbocycles. The van der Waals surface area contributed by atoms with Crippen LogP contribution >= 0.6 is 11.3 Å². The molecule has 1 N–H and O–H groups in total. The molecular formula is C14H17NS. The molecule has 1 aliphatic rings. The van der Waals surface area contributed by atoms with Crippen molar-refractivity contribution >= 4 is 21.4 Å². The van der Waals surface area contributed by atoms with Crippen LogP contribution in [0.3, 0.4) is 0 Å². The van der Waals surface area contributed by atoms with Gasteiger partial charge in [-0.15, -0.1) is 11.3 Å². The van der Waals surface area contributed by atoms with Crippen LogP contribution in [0.15, 0.2) is 30.3 Å². The highest BCUT2D eigenvalue weighted by Crippen LogP contribution is 2.32. The molecule has 2 heteroatoms. The first-order valence-corrected chi connectivity index (χ1v) is 6.79. The van der Waals surface area contributed by atoms with E-state index in [-0.39, 0.29) is 0 Å². The second kappa shape index (κ2) is 3.86. The summed E-state index contributed by atoms with van der Waals surface area (Å²) in [5.74, 6) is 0. The number of nitrogens with one attached hydrogen (secondary N) is 1. The number of benzene rings is 1. The molecule has 0 spiro atoms. The Morgan fingerprint density at radius 1 is 1.31 bits per heavy atom. The highest BCUT2D eigenvalue weighted by atomic mass is 32.1. The van der Waals surface area contributed by atoms with Gasteiger partial charge in [-0.1, -0.05) is 18.2 Å². The molecule has 2 aromatic rings. The van der Waals surface area contributed by atoms with Crippen molar-refractivity contribution in [2.45, 2.75) is 38.3 Å². The fourth-order valence-electron chi connectivity index (χ4n) is 2.31. The summed E-state index contributed by atoms with van der Waals surface area (Å²) >= 11 is 1.91. The molecular weight excluding hydrogens is 214 g/mol. The average molecular weight is 231 g/mol. The molecule has 0 unspecified atom stereocenters. The molecule has 1 aliphatic carbocycles. The van der Waals surface area contributed by atoms with Crippen LogP contribution in [0.2, 0.25) is 0 Å². The summed E-state index contributed by atoms with van der Waals surface area (Å²) in [7, 11) is 0. The first kappa shape index (κ1) is 10.3. The average Bonchev–Trinajstić information content (AvgIpc) is 2.66. The lowest BCUT2D eigenvalue weighted by Crippen LogP contribution is -2.47. The number of rotatable bonds is 3. The van der Waals surface area contributed by atoms with E-state index in [2.05, 4.69) is 42.6 Å². The van der Waals surface area contributed by atoms with E-state index in [1.54, 1.807) is 0 Å². The monoisotopic (exact) mass is 231 g/mol. The van der Waals surface area contributed by atoms with Gasteiger partial charge in [0.15, 0.2) is 0 Å². The van der Waals surface area contributed by atoms with Crippen molar-refractivity contribution in [2.24, 2.45) is 0 Å². The standard InChI is InChI=1S/C14H17NS/c1-14(7-4-8-14)15-10-12-9-11-5-2-3-6-13(11)16-12/h2-3,5-6,9,15H,4,7-8,10H2,1H3. The van der Waals surface area contributed by atoms with E-state index in [1.165, 1.54) is 34.2 Å². The molecule has 16 heavy (non-hydrogen) atoms. The van der Waals surface area contributed by atoms with Gasteiger partial charge in [0, 0.05) is 21.7 Å². The number of thiophene rings is 1. The summed E-state index contributed by atoms with van der Waals surface area (Å²) in [6, 6.07) is 10.9. The lowest BCUT2D eigenvalue weighted by Gasteiger charge is -2.39. The maximum Gasteiger partial charge on any atom is 0.0346 e. The van der Waals surface area contributed by atoms with Crippen molar-refractivity contribution in [1.82, 2.24) is 5.32 Å². The second-order valence-electron chi connectivity index (χ2n) is 5.02. The van der Waals surface area contributed by atoms with Crippen molar-refractivity contribution in [1.29, 1.82) is 0 Å². The minimum absolute atomic E-state index is 0.413. The van der Waals surface area contributed by atoms with Gasteiger partial charge in [0.2, 0.25) is 0 Å². The Bertz CT molecular complexity index is 463. The molecule has 0 atom stereocenters. The summed E-state index contributed by atoms with van der Waals surface area (Å²) < 4.78 is 1.40. The Kier molecular flexibility index (Phi) is 2.49. The third-order valence-corrected chi connectivity index (χ3v) is 4.74. The van der Waals surface area contributed by atoms with Crippen LogP contribution in [0, 0.1) is 0 Å². The first-order chi connectivity index (χ1) is 7.75. The van der Waals surface area contributed by atoms with Gasteiger partial charge < -0.3 is 5.32 Å². The third kappa shape index (κ3) is 1.87. The van der Waals surface area contributed by atoms with Crippen LogP contribution < -0.4 is 5.32 Å². The Hall–Kier alpha value is -0.860. The van der Waals surface area contributed by atoms with E-state index in [0.29, 0.717) is 5.54 Å². The molecule has 3 rings (SSSR count). The number of hydrogen-bond acceptors (Lipinski definition) is 2. The molecule has 1 saturated carbocycles. The number of hydrogen-bond donors (Lipinski definition) is 1. The second-order valence-corrected chi connectivity index (χ2v) is 6.19. The Balaban J connectivity index is 1.74. The minimum atomic E-state index is 0.413. The van der Waals surface area contributed by atoms with Crippen molar-refractivity contribution in [2.75, 3.05) is 0 Å². The fourth-order valence-corrected chi connectivity index (χ4v) is 3.31. The van der Waals surface area contributed by atoms with E-state index in [0.717, 1.165) is 6.54 Å². The summed E-state index contributed by atoms with van der Waals surface area (Å²) in [4.78, 5) is 1.45. The van der Waals surface area contributed by atoms with Crippen LogP contribution in [0.5, 0.6) is 0 Å². The van der Waals surface area contributed by atoms with Gasteiger partial charge in [-0.05, 0) is 43.7 Å². The van der Waals surface area contributed by atoms with Gasteiger partial charge in [0.1, 0.15) is 0 Å². The topological polar surface area (TPSA) is 12.0 Å². The quantitative estimate of drug-likeness (QED) is 0.844. The molecule has 0 bridgehead atoms. The summed E-state index contributed by atoms with van der Waals surface area (Å²) in [5.41, 5.74) is 0.413. The van der Waals surface area contributed by atoms with Crippen molar-refractivity contribution in [3.05, 3.63) is 35.2 Å². The minimum Gasteiger partial charge on any atom is -0.307 e. The van der Waals surface area contributed by atoms with Crippen LogP contribution in [-0.2, 0) is 6.54 Å². The fraction of sp³-hybridized carbons (Fsp3) is 0.429. The van der Waals surface area contributed by atoms with E-state index < -0.39 is 0 Å². The van der Waals surface area contributed by atoms with E-state index in [9.17, 15) is 0 Å². The van der Waals surface area contributed by atoms with Gasteiger partial charge in [-0.2, -0.15) is 0 Å². The summed E-state index contributed by atoms with van der Waals surface area (Å²) in [6.07, 6.45) is 4.05. The molecule has 1 aromatic heterocycles. The predicted molar refractivity (Wildman–Crippen MR) is 70.9 cm³/mol. The van der Waals surface area contributed by atoms with Crippen LogP contribution in [-0.4, -0.2) is 5.54 Å². The third-order valence-electron chi connectivity index (χ3n) is 3.62. The van der Waals surface area contributed by atoms with Gasteiger partial charge in [0.05, 0.1) is 0 Å². The maximum atomic E-state index is 3.68. The SMILES string of the molecule is CC1(NCc2cc3ccccc3s2)CCC1. The van der Waals surface area contributed by atoms with E-state index in [1.807, 2.05) is 11.3 Å². The first-order valence-electron chi connectivity index (χ1n) is 5.98. The molecule has 1 heterocycles. The van der Waals surface area contributed by atoms with Gasteiger partial charge in [-0.3, -0.25) is 0 Å². The molecule has 0 amide bonds.